The molecule has 1 heterocycles. The number of rotatable bonds is 5. The lowest BCUT2D eigenvalue weighted by Crippen LogP contribution is -2.22. The second-order valence-corrected chi connectivity index (χ2v) is 7.69. The fourth-order valence-corrected chi connectivity index (χ4v) is 3.86. The van der Waals surface area contributed by atoms with Crippen LogP contribution in [0.25, 0.3) is 5.57 Å². The quantitative estimate of drug-likeness (QED) is 0.607. The SMILES string of the molecule is COc1ccccc1C1=CCN(Cc2cc(Cl)ccc2Cl)C=C1C1CC1. The van der Waals surface area contributed by atoms with Gasteiger partial charge in [-0.1, -0.05) is 47.5 Å². The van der Waals surface area contributed by atoms with Crippen LogP contribution in [-0.4, -0.2) is 18.6 Å². The number of allylic oxidation sites excluding steroid dienone is 2. The van der Waals surface area contributed by atoms with E-state index in [1.165, 1.54) is 29.6 Å². The van der Waals surface area contributed by atoms with Gasteiger partial charge in [0.25, 0.3) is 0 Å². The molecule has 2 aromatic rings. The third-order valence-electron chi connectivity index (χ3n) is 4.96. The summed E-state index contributed by atoms with van der Waals surface area (Å²) in [4.78, 5) is 2.31. The van der Waals surface area contributed by atoms with Gasteiger partial charge in [-0.15, -0.1) is 0 Å². The summed E-state index contributed by atoms with van der Waals surface area (Å²) in [6, 6.07) is 13.9. The summed E-state index contributed by atoms with van der Waals surface area (Å²) >= 11 is 12.5. The molecule has 0 saturated heterocycles. The number of hydrogen-bond acceptors (Lipinski definition) is 2. The van der Waals surface area contributed by atoms with Gasteiger partial charge in [0.15, 0.2) is 0 Å². The molecule has 1 aliphatic carbocycles. The van der Waals surface area contributed by atoms with Crippen LogP contribution in [0.2, 0.25) is 10.0 Å². The van der Waals surface area contributed by atoms with Crippen molar-refractivity contribution in [3.05, 3.63) is 81.5 Å². The average Bonchev–Trinajstić information content (AvgIpc) is 3.50. The molecule has 0 unspecified atom stereocenters. The molecule has 2 nitrogen and oxygen atoms in total. The lowest BCUT2D eigenvalue weighted by Gasteiger charge is -2.28. The number of halogens is 2. The van der Waals surface area contributed by atoms with Crippen molar-refractivity contribution in [2.75, 3.05) is 13.7 Å². The molecule has 2 aliphatic rings. The Morgan fingerprint density at radius 1 is 1.12 bits per heavy atom. The van der Waals surface area contributed by atoms with Gasteiger partial charge >= 0.3 is 0 Å². The van der Waals surface area contributed by atoms with Crippen LogP contribution >= 0.6 is 23.2 Å². The van der Waals surface area contributed by atoms with Crippen molar-refractivity contribution in [2.24, 2.45) is 5.92 Å². The van der Waals surface area contributed by atoms with Crippen molar-refractivity contribution in [3.63, 3.8) is 0 Å². The average molecular weight is 386 g/mol. The second kappa shape index (κ2) is 7.38. The number of methoxy groups -OCH3 is 1. The van der Waals surface area contributed by atoms with Gasteiger partial charge in [0.1, 0.15) is 5.75 Å². The van der Waals surface area contributed by atoms with Crippen LogP contribution in [0.15, 0.2) is 60.3 Å². The highest BCUT2D eigenvalue weighted by molar-refractivity contribution is 6.33. The molecule has 1 aliphatic heterocycles. The molecule has 0 aromatic heterocycles. The first-order chi connectivity index (χ1) is 12.7. The molecule has 4 heteroatoms. The fourth-order valence-electron chi connectivity index (χ4n) is 3.49. The van der Waals surface area contributed by atoms with Gasteiger partial charge < -0.3 is 9.64 Å². The van der Waals surface area contributed by atoms with Gasteiger partial charge in [-0.2, -0.15) is 0 Å². The molecule has 0 atom stereocenters. The summed E-state index contributed by atoms with van der Waals surface area (Å²) in [7, 11) is 1.73. The van der Waals surface area contributed by atoms with Gasteiger partial charge in [-0.05, 0) is 59.7 Å². The highest BCUT2D eigenvalue weighted by Crippen LogP contribution is 2.46. The first-order valence-corrected chi connectivity index (χ1v) is 9.65. The van der Waals surface area contributed by atoms with E-state index in [-0.39, 0.29) is 0 Å². The molecular weight excluding hydrogens is 365 g/mol. The number of benzene rings is 2. The molecule has 2 aromatic carbocycles. The van der Waals surface area contributed by atoms with Crippen LogP contribution in [-0.2, 0) is 6.54 Å². The smallest absolute Gasteiger partial charge is 0.126 e. The summed E-state index contributed by atoms with van der Waals surface area (Å²) in [6.45, 7) is 1.60. The number of nitrogens with zero attached hydrogens (tertiary/aromatic N) is 1. The van der Waals surface area contributed by atoms with E-state index >= 15 is 0 Å². The van der Waals surface area contributed by atoms with E-state index in [0.717, 1.165) is 34.4 Å². The monoisotopic (exact) mass is 385 g/mol. The molecule has 1 saturated carbocycles. The van der Waals surface area contributed by atoms with Crippen molar-refractivity contribution in [1.29, 1.82) is 0 Å². The maximum atomic E-state index is 6.35. The number of para-hydroxylation sites is 1. The van der Waals surface area contributed by atoms with Gasteiger partial charge in [0.2, 0.25) is 0 Å². The minimum atomic E-state index is 0.642. The summed E-state index contributed by atoms with van der Waals surface area (Å²) in [6.07, 6.45) is 7.12. The molecule has 0 bridgehead atoms. The van der Waals surface area contributed by atoms with Crippen molar-refractivity contribution >= 4 is 28.8 Å². The summed E-state index contributed by atoms with van der Waals surface area (Å²) < 4.78 is 5.58. The van der Waals surface area contributed by atoms with Gasteiger partial charge in [-0.3, -0.25) is 0 Å². The molecule has 0 N–H and O–H groups in total. The largest absolute Gasteiger partial charge is 0.496 e. The lowest BCUT2D eigenvalue weighted by molar-refractivity contribution is 0.400. The molecule has 1 fully saturated rings. The van der Waals surface area contributed by atoms with Crippen molar-refractivity contribution in [1.82, 2.24) is 4.90 Å². The van der Waals surface area contributed by atoms with Crippen molar-refractivity contribution in [2.45, 2.75) is 19.4 Å². The zero-order valence-corrected chi connectivity index (χ0v) is 16.2. The highest BCUT2D eigenvalue weighted by Gasteiger charge is 2.31. The van der Waals surface area contributed by atoms with Crippen molar-refractivity contribution < 1.29 is 4.74 Å². The van der Waals surface area contributed by atoms with E-state index in [1.807, 2.05) is 30.3 Å². The third-order valence-corrected chi connectivity index (χ3v) is 5.56. The molecular formula is C22H21Cl2NO. The Labute approximate surface area is 164 Å². The van der Waals surface area contributed by atoms with E-state index < -0.39 is 0 Å². The van der Waals surface area contributed by atoms with Crippen LogP contribution in [0.5, 0.6) is 5.75 Å². The molecule has 0 amide bonds. The summed E-state index contributed by atoms with van der Waals surface area (Å²) in [5.41, 5.74) is 4.94. The minimum absolute atomic E-state index is 0.642. The molecule has 26 heavy (non-hydrogen) atoms. The van der Waals surface area contributed by atoms with Crippen LogP contribution in [0.4, 0.5) is 0 Å². The summed E-state index contributed by atoms with van der Waals surface area (Å²) in [5, 5.41) is 1.48. The minimum Gasteiger partial charge on any atom is -0.496 e. The zero-order chi connectivity index (χ0) is 18.1. The number of ether oxygens (including phenoxy) is 1. The maximum Gasteiger partial charge on any atom is 0.126 e. The first kappa shape index (κ1) is 17.5. The Kier molecular flexibility index (Phi) is 4.97. The van der Waals surface area contributed by atoms with Gasteiger partial charge in [-0.25, -0.2) is 0 Å². The Balaban J connectivity index is 1.63. The predicted octanol–water partition coefficient (Wildman–Crippen LogP) is 6.20. The van der Waals surface area contributed by atoms with Crippen LogP contribution in [0, 0.1) is 5.92 Å². The lowest BCUT2D eigenvalue weighted by atomic mass is 9.92. The van der Waals surface area contributed by atoms with Gasteiger partial charge in [0.05, 0.1) is 7.11 Å². The first-order valence-electron chi connectivity index (χ1n) is 8.89. The zero-order valence-electron chi connectivity index (χ0n) is 14.7. The van der Waals surface area contributed by atoms with E-state index in [0.29, 0.717) is 5.92 Å². The molecule has 0 spiro atoms. The maximum absolute atomic E-state index is 6.35. The Hall–Kier alpha value is -1.90. The Morgan fingerprint density at radius 3 is 2.69 bits per heavy atom. The van der Waals surface area contributed by atoms with Crippen molar-refractivity contribution in [3.8, 4) is 5.75 Å². The normalized spacial score (nSPS) is 17.0. The standard InChI is InChI=1S/C22H21Cl2NO/c1-26-22-5-3-2-4-19(22)18-10-11-25(14-20(18)15-6-7-15)13-16-12-17(23)8-9-21(16)24/h2-5,8-10,12,14-15H,6-7,11,13H2,1H3. The Bertz CT molecular complexity index is 883. The van der Waals surface area contributed by atoms with E-state index in [9.17, 15) is 0 Å². The fraction of sp³-hybridized carbons (Fsp3) is 0.273. The van der Waals surface area contributed by atoms with Crippen LogP contribution < -0.4 is 4.74 Å². The van der Waals surface area contributed by atoms with E-state index in [2.05, 4.69) is 29.3 Å². The summed E-state index contributed by atoms with van der Waals surface area (Å²) in [5.74, 6) is 1.57. The highest BCUT2D eigenvalue weighted by atomic mass is 35.5. The molecule has 4 rings (SSSR count). The molecule has 0 radical (unpaired) electrons. The van der Waals surface area contributed by atoms with Crippen LogP contribution in [0.3, 0.4) is 0 Å². The second-order valence-electron chi connectivity index (χ2n) is 6.84. The van der Waals surface area contributed by atoms with E-state index in [1.54, 1.807) is 7.11 Å². The van der Waals surface area contributed by atoms with Gasteiger partial charge in [0, 0.05) is 34.9 Å². The number of hydrogen-bond donors (Lipinski definition) is 0. The Morgan fingerprint density at radius 2 is 1.92 bits per heavy atom. The topological polar surface area (TPSA) is 12.5 Å². The van der Waals surface area contributed by atoms with E-state index in [4.69, 9.17) is 27.9 Å². The molecule has 134 valence electrons. The predicted molar refractivity (Wildman–Crippen MR) is 109 cm³/mol. The third kappa shape index (κ3) is 3.62. The van der Waals surface area contributed by atoms with Crippen LogP contribution in [0.1, 0.15) is 24.0 Å².